The van der Waals surface area contributed by atoms with Gasteiger partial charge in [-0.25, -0.2) is 0 Å². The van der Waals surface area contributed by atoms with Crippen molar-refractivity contribution in [2.75, 3.05) is 0 Å². The third-order valence-corrected chi connectivity index (χ3v) is 2.48. The summed E-state index contributed by atoms with van der Waals surface area (Å²) in [6, 6.07) is 1.28. The Hall–Kier alpha value is -1.01. The van der Waals surface area contributed by atoms with Gasteiger partial charge in [0.15, 0.2) is 0 Å². The maximum Gasteiger partial charge on any atom is 0.420 e. The highest BCUT2D eigenvalue weighted by atomic mass is 79.9. The maximum absolute atomic E-state index is 12.5. The molecule has 0 spiro atoms. The minimum Gasteiger partial charge on any atom is -0.507 e. The van der Waals surface area contributed by atoms with Gasteiger partial charge < -0.3 is 10.8 Å². The number of hydrogen-bond donors (Lipinski definition) is 2. The number of halogens is 4. The van der Waals surface area contributed by atoms with Crippen LogP contribution in [0.25, 0.3) is 0 Å². The normalized spacial score (nSPS) is 13.6. The van der Waals surface area contributed by atoms with Crippen LogP contribution in [0.5, 0.6) is 5.75 Å². The Balaban J connectivity index is 3.43. The van der Waals surface area contributed by atoms with Gasteiger partial charge in [0.25, 0.3) is 0 Å². The fourth-order valence-corrected chi connectivity index (χ4v) is 1.69. The summed E-state index contributed by atoms with van der Waals surface area (Å²) in [4.78, 5) is 0. The van der Waals surface area contributed by atoms with Crippen molar-refractivity contribution >= 4 is 15.9 Å². The van der Waals surface area contributed by atoms with Gasteiger partial charge in [0, 0.05) is 10.0 Å². The van der Waals surface area contributed by atoms with Crippen LogP contribution in [0.15, 0.2) is 29.3 Å². The van der Waals surface area contributed by atoms with Crippen LogP contribution in [-0.2, 0) is 6.18 Å². The third kappa shape index (κ3) is 2.56. The van der Waals surface area contributed by atoms with Gasteiger partial charge in [-0.15, -0.1) is 6.58 Å². The van der Waals surface area contributed by atoms with Crippen LogP contribution in [-0.4, -0.2) is 5.11 Å². The van der Waals surface area contributed by atoms with E-state index in [-0.39, 0.29) is 10.0 Å². The average Bonchev–Trinajstić information content (AvgIpc) is 2.18. The molecule has 0 heterocycles. The van der Waals surface area contributed by atoms with Crippen LogP contribution < -0.4 is 5.73 Å². The Morgan fingerprint density at radius 2 is 2.00 bits per heavy atom. The molecule has 88 valence electrons. The molecule has 1 atom stereocenters. The molecule has 0 bridgehead atoms. The molecular formula is C10H9BrF3NO. The summed E-state index contributed by atoms with van der Waals surface area (Å²) >= 11 is 2.94. The van der Waals surface area contributed by atoms with E-state index in [0.29, 0.717) is 0 Å². The maximum atomic E-state index is 12.5. The van der Waals surface area contributed by atoms with Gasteiger partial charge in [-0.2, -0.15) is 13.2 Å². The Labute approximate surface area is 98.7 Å². The summed E-state index contributed by atoms with van der Waals surface area (Å²) in [5, 5.41) is 9.48. The average molecular weight is 296 g/mol. The first-order chi connectivity index (χ1) is 7.27. The number of rotatable bonds is 2. The number of phenolic OH excluding ortho intramolecular Hbond substituents is 1. The fraction of sp³-hybridized carbons (Fsp3) is 0.200. The van der Waals surface area contributed by atoms with Crippen LogP contribution >= 0.6 is 15.9 Å². The lowest BCUT2D eigenvalue weighted by molar-refractivity contribution is -0.138. The summed E-state index contributed by atoms with van der Waals surface area (Å²) in [5.41, 5.74) is 4.38. The molecule has 0 aromatic heterocycles. The Morgan fingerprint density at radius 3 is 2.44 bits per heavy atom. The SMILES string of the molecule is C=C[C@@H](N)c1cc(Br)cc(C(F)(F)F)c1O. The molecular weight excluding hydrogens is 287 g/mol. The van der Waals surface area contributed by atoms with Gasteiger partial charge in [0.1, 0.15) is 5.75 Å². The van der Waals surface area contributed by atoms with Gasteiger partial charge >= 0.3 is 6.18 Å². The summed E-state index contributed by atoms with van der Waals surface area (Å²) in [7, 11) is 0. The van der Waals surface area contributed by atoms with Crippen molar-refractivity contribution in [3.05, 3.63) is 40.4 Å². The minimum absolute atomic E-state index is 0.0169. The number of hydrogen-bond acceptors (Lipinski definition) is 2. The van der Waals surface area contributed by atoms with E-state index in [1.54, 1.807) is 0 Å². The third-order valence-electron chi connectivity index (χ3n) is 2.02. The van der Waals surface area contributed by atoms with E-state index in [1.807, 2.05) is 0 Å². The second-order valence-corrected chi connectivity index (χ2v) is 4.07. The largest absolute Gasteiger partial charge is 0.507 e. The molecule has 6 heteroatoms. The molecule has 1 aromatic carbocycles. The fourth-order valence-electron chi connectivity index (χ4n) is 1.22. The van der Waals surface area contributed by atoms with E-state index in [0.717, 1.165) is 6.07 Å². The van der Waals surface area contributed by atoms with Crippen LogP contribution in [0, 0.1) is 0 Å². The van der Waals surface area contributed by atoms with Crippen molar-refractivity contribution in [1.82, 2.24) is 0 Å². The van der Waals surface area contributed by atoms with E-state index in [1.165, 1.54) is 12.1 Å². The standard InChI is InChI=1S/C10H9BrF3NO/c1-2-8(15)6-3-5(11)4-7(9(6)16)10(12,13)14/h2-4,8,16H,1,15H2/t8-/m1/s1. The van der Waals surface area contributed by atoms with E-state index in [9.17, 15) is 18.3 Å². The van der Waals surface area contributed by atoms with Crippen LogP contribution in [0.3, 0.4) is 0 Å². The highest BCUT2D eigenvalue weighted by Gasteiger charge is 2.35. The van der Waals surface area contributed by atoms with Crippen molar-refractivity contribution in [3.63, 3.8) is 0 Å². The zero-order valence-electron chi connectivity index (χ0n) is 8.05. The van der Waals surface area contributed by atoms with Crippen molar-refractivity contribution in [3.8, 4) is 5.75 Å². The highest BCUT2D eigenvalue weighted by Crippen LogP contribution is 2.41. The topological polar surface area (TPSA) is 46.2 Å². The highest BCUT2D eigenvalue weighted by molar-refractivity contribution is 9.10. The lowest BCUT2D eigenvalue weighted by atomic mass is 10.0. The molecule has 2 nitrogen and oxygen atoms in total. The van der Waals surface area contributed by atoms with Crippen molar-refractivity contribution in [1.29, 1.82) is 0 Å². The van der Waals surface area contributed by atoms with Crippen LogP contribution in [0.1, 0.15) is 17.2 Å². The summed E-state index contributed by atoms with van der Waals surface area (Å²) in [6.45, 7) is 3.37. The van der Waals surface area contributed by atoms with Crippen molar-refractivity contribution < 1.29 is 18.3 Å². The predicted octanol–water partition coefficient (Wildman–Crippen LogP) is 3.36. The molecule has 0 saturated carbocycles. The zero-order chi connectivity index (χ0) is 12.5. The molecule has 0 amide bonds. The number of alkyl halides is 3. The Morgan fingerprint density at radius 1 is 1.44 bits per heavy atom. The van der Waals surface area contributed by atoms with Gasteiger partial charge in [-0.3, -0.25) is 0 Å². The molecule has 0 saturated heterocycles. The first-order valence-electron chi connectivity index (χ1n) is 4.25. The van der Waals surface area contributed by atoms with E-state index >= 15 is 0 Å². The van der Waals surface area contributed by atoms with Crippen molar-refractivity contribution in [2.45, 2.75) is 12.2 Å². The first-order valence-corrected chi connectivity index (χ1v) is 5.04. The molecule has 0 unspecified atom stereocenters. The minimum atomic E-state index is -4.62. The summed E-state index contributed by atoms with van der Waals surface area (Å²) in [5.74, 6) is -0.858. The Kier molecular flexibility index (Phi) is 3.64. The number of benzene rings is 1. The number of nitrogens with two attached hydrogens (primary N) is 1. The van der Waals surface area contributed by atoms with E-state index in [4.69, 9.17) is 5.73 Å². The number of phenols is 1. The molecule has 16 heavy (non-hydrogen) atoms. The smallest absolute Gasteiger partial charge is 0.420 e. The first kappa shape index (κ1) is 13.1. The van der Waals surface area contributed by atoms with Gasteiger partial charge in [-0.05, 0) is 12.1 Å². The van der Waals surface area contributed by atoms with Gasteiger partial charge in [0.2, 0.25) is 0 Å². The molecule has 1 rings (SSSR count). The van der Waals surface area contributed by atoms with Gasteiger partial charge in [-0.1, -0.05) is 22.0 Å². The lowest BCUT2D eigenvalue weighted by Gasteiger charge is -2.15. The van der Waals surface area contributed by atoms with E-state index < -0.39 is 23.5 Å². The van der Waals surface area contributed by atoms with Crippen LogP contribution in [0.4, 0.5) is 13.2 Å². The molecule has 0 aliphatic carbocycles. The van der Waals surface area contributed by atoms with Crippen molar-refractivity contribution in [2.24, 2.45) is 5.73 Å². The second kappa shape index (κ2) is 4.47. The predicted molar refractivity (Wildman–Crippen MR) is 57.9 cm³/mol. The molecule has 0 fully saturated rings. The molecule has 0 aliphatic rings. The molecule has 0 aliphatic heterocycles. The molecule has 3 N–H and O–H groups in total. The summed E-state index contributed by atoms with van der Waals surface area (Å²) in [6.07, 6.45) is -3.37. The van der Waals surface area contributed by atoms with Crippen LogP contribution in [0.2, 0.25) is 0 Å². The van der Waals surface area contributed by atoms with E-state index in [2.05, 4.69) is 22.5 Å². The Bertz CT molecular complexity index is 417. The second-order valence-electron chi connectivity index (χ2n) is 3.15. The molecule has 1 aromatic rings. The lowest BCUT2D eigenvalue weighted by Crippen LogP contribution is -2.11. The summed E-state index contributed by atoms with van der Waals surface area (Å²) < 4.78 is 37.8. The molecule has 0 radical (unpaired) electrons. The zero-order valence-corrected chi connectivity index (χ0v) is 9.64. The monoisotopic (exact) mass is 295 g/mol. The quantitative estimate of drug-likeness (QED) is 0.822. The number of aromatic hydroxyl groups is 1. The van der Waals surface area contributed by atoms with Gasteiger partial charge in [0.05, 0.1) is 11.6 Å².